The number of benzene rings is 1. The molecular weight excluding hydrogens is 457 g/mol. The van der Waals surface area contributed by atoms with E-state index in [2.05, 4.69) is 25.5 Å². The van der Waals surface area contributed by atoms with Crippen LogP contribution in [0.25, 0.3) is 5.65 Å². The molecular formula is C22H20F5N7. The first kappa shape index (κ1) is 22.3. The molecule has 7 nitrogen and oxygen atoms in total. The minimum absolute atomic E-state index is 0.000700. The van der Waals surface area contributed by atoms with E-state index in [9.17, 15) is 13.2 Å². The first-order chi connectivity index (χ1) is 16.1. The molecule has 0 radical (unpaired) electrons. The fourth-order valence-corrected chi connectivity index (χ4v) is 3.99. The number of halogens is 5. The van der Waals surface area contributed by atoms with Gasteiger partial charge in [-0.3, -0.25) is 14.4 Å². The van der Waals surface area contributed by atoms with E-state index in [0.717, 1.165) is 30.0 Å². The van der Waals surface area contributed by atoms with Crippen LogP contribution in [0, 0.1) is 12.7 Å². The number of hydrogen-bond donors (Lipinski definition) is 2. The normalized spacial score (nSPS) is 16.4. The molecule has 2 N–H and O–H groups in total. The summed E-state index contributed by atoms with van der Waals surface area (Å²) in [6, 6.07) is 8.66. The summed E-state index contributed by atoms with van der Waals surface area (Å²) in [7, 11) is 0. The van der Waals surface area contributed by atoms with Crippen LogP contribution < -0.4 is 5.32 Å². The highest BCUT2D eigenvalue weighted by atomic mass is 19.3. The van der Waals surface area contributed by atoms with Crippen LogP contribution in [0.2, 0.25) is 0 Å². The summed E-state index contributed by atoms with van der Waals surface area (Å²) in [5, 5.41) is 9.73. The molecule has 34 heavy (non-hydrogen) atoms. The Morgan fingerprint density at radius 3 is 2.53 bits per heavy atom. The highest BCUT2D eigenvalue weighted by Gasteiger charge is 2.40. The maximum Gasteiger partial charge on any atom is 0.331 e. The number of anilines is 2. The zero-order chi connectivity index (χ0) is 24.1. The Kier molecular flexibility index (Phi) is 5.27. The summed E-state index contributed by atoms with van der Waals surface area (Å²) in [4.78, 5) is 9.73. The van der Waals surface area contributed by atoms with Crippen molar-refractivity contribution in [2.45, 2.75) is 31.7 Å². The number of nitrogens with zero attached hydrogens (tertiary/aromatic N) is 5. The third-order valence-corrected chi connectivity index (χ3v) is 5.65. The lowest BCUT2D eigenvalue weighted by Gasteiger charge is -2.19. The number of aromatic amines is 1. The van der Waals surface area contributed by atoms with Crippen molar-refractivity contribution in [2.24, 2.45) is 0 Å². The second kappa shape index (κ2) is 8.05. The van der Waals surface area contributed by atoms with Crippen molar-refractivity contribution >= 4 is 17.4 Å². The van der Waals surface area contributed by atoms with Crippen LogP contribution in [0.5, 0.6) is 0 Å². The van der Waals surface area contributed by atoms with Gasteiger partial charge in [0.15, 0.2) is 5.82 Å². The van der Waals surface area contributed by atoms with Crippen LogP contribution in [-0.4, -0.2) is 48.5 Å². The van der Waals surface area contributed by atoms with E-state index in [4.69, 9.17) is 0 Å². The van der Waals surface area contributed by atoms with Gasteiger partial charge in [-0.15, -0.1) is 0 Å². The van der Waals surface area contributed by atoms with Crippen LogP contribution in [-0.2, 0) is 12.5 Å². The number of rotatable bonds is 6. The van der Waals surface area contributed by atoms with Crippen LogP contribution >= 0.6 is 0 Å². The maximum absolute atomic E-state index is 15.3. The Balaban J connectivity index is 1.58. The number of fused-ring (bicyclic) bond motifs is 1. The molecule has 1 aliphatic heterocycles. The van der Waals surface area contributed by atoms with Gasteiger partial charge in [-0.2, -0.15) is 18.9 Å². The van der Waals surface area contributed by atoms with Gasteiger partial charge in [0.05, 0.1) is 6.54 Å². The molecule has 1 saturated heterocycles. The van der Waals surface area contributed by atoms with Gasteiger partial charge in [0.1, 0.15) is 11.5 Å². The summed E-state index contributed by atoms with van der Waals surface area (Å²) in [6.07, 6.45) is -0.238. The molecule has 0 aliphatic carbocycles. The number of H-pyrrole nitrogens is 1. The Hall–Kier alpha value is -3.54. The molecule has 12 heteroatoms. The average molecular weight is 477 g/mol. The lowest BCUT2D eigenvalue weighted by molar-refractivity contribution is 0.0113. The fourth-order valence-electron chi connectivity index (χ4n) is 3.99. The highest BCUT2D eigenvalue weighted by molar-refractivity contribution is 5.56. The number of nitrogens with one attached hydrogen (secondary N) is 2. The van der Waals surface area contributed by atoms with E-state index < -0.39 is 29.1 Å². The molecule has 0 atom stereocenters. The highest BCUT2D eigenvalue weighted by Crippen LogP contribution is 2.35. The fraction of sp³-hybridized carbons (Fsp3) is 0.318. The Bertz CT molecular complexity index is 1330. The van der Waals surface area contributed by atoms with E-state index in [1.165, 1.54) is 10.5 Å². The number of aromatic nitrogens is 5. The van der Waals surface area contributed by atoms with Crippen LogP contribution in [0.4, 0.5) is 33.7 Å². The second-order valence-corrected chi connectivity index (χ2v) is 8.35. The molecule has 4 heterocycles. The number of likely N-dealkylation sites (tertiary alicyclic amines) is 1. The number of aryl methyl sites for hydroxylation is 1. The van der Waals surface area contributed by atoms with Gasteiger partial charge in [-0.05, 0) is 43.3 Å². The van der Waals surface area contributed by atoms with Gasteiger partial charge in [0.25, 0.3) is 5.92 Å². The van der Waals surface area contributed by atoms with Crippen molar-refractivity contribution in [2.75, 3.05) is 18.4 Å². The molecule has 1 fully saturated rings. The zero-order valence-corrected chi connectivity index (χ0v) is 18.0. The van der Waals surface area contributed by atoms with Crippen molar-refractivity contribution in [3.63, 3.8) is 0 Å². The summed E-state index contributed by atoms with van der Waals surface area (Å²) in [6.45, 7) is 1.76. The molecule has 0 spiro atoms. The quantitative estimate of drug-likeness (QED) is 0.397. The number of alkyl halides is 4. The minimum atomic E-state index is -3.62. The SMILES string of the molecule is Cc1cc(Nc2nc(C(F)(F)c3ccc(F)cc3)nc3ccc(CN4CCC(F)(F)C4)n23)n[nH]1. The smallest absolute Gasteiger partial charge is 0.308 e. The Labute approximate surface area is 190 Å². The predicted octanol–water partition coefficient (Wildman–Crippen LogP) is 4.62. The molecule has 0 unspecified atom stereocenters. The van der Waals surface area contributed by atoms with Crippen LogP contribution in [0.3, 0.4) is 0 Å². The topological polar surface area (TPSA) is 74.1 Å². The minimum Gasteiger partial charge on any atom is -0.308 e. The standard InChI is InChI=1S/C22H20F5N7/c1-13-10-17(32-31-13)28-20-30-19(22(26,27)14-2-4-15(23)5-3-14)29-18-7-6-16(34(18)20)11-33-9-8-21(24,25)12-33/h2-7,10H,8-9,11-12H2,1H3,(H2,28,29,30,31,32). The molecule has 0 bridgehead atoms. The van der Waals surface area contributed by atoms with Crippen molar-refractivity contribution in [1.82, 2.24) is 29.5 Å². The van der Waals surface area contributed by atoms with E-state index in [0.29, 0.717) is 11.5 Å². The molecule has 4 aromatic rings. The van der Waals surface area contributed by atoms with Crippen molar-refractivity contribution in [3.05, 3.63) is 71.1 Å². The zero-order valence-electron chi connectivity index (χ0n) is 18.0. The largest absolute Gasteiger partial charge is 0.331 e. The first-order valence-corrected chi connectivity index (χ1v) is 10.5. The molecule has 1 aliphatic rings. The monoisotopic (exact) mass is 477 g/mol. The van der Waals surface area contributed by atoms with Gasteiger partial charge < -0.3 is 5.32 Å². The lowest BCUT2D eigenvalue weighted by atomic mass is 10.1. The van der Waals surface area contributed by atoms with Crippen LogP contribution in [0.1, 0.15) is 29.2 Å². The van der Waals surface area contributed by atoms with E-state index in [-0.39, 0.29) is 37.7 Å². The van der Waals surface area contributed by atoms with Gasteiger partial charge in [0, 0.05) is 42.5 Å². The van der Waals surface area contributed by atoms with Gasteiger partial charge in [-0.25, -0.2) is 18.2 Å². The predicted molar refractivity (Wildman–Crippen MR) is 114 cm³/mol. The van der Waals surface area contributed by atoms with Crippen molar-refractivity contribution in [1.29, 1.82) is 0 Å². The third kappa shape index (κ3) is 4.20. The molecule has 0 amide bonds. The molecule has 3 aromatic heterocycles. The molecule has 5 rings (SSSR count). The van der Waals surface area contributed by atoms with E-state index in [1.54, 1.807) is 24.0 Å². The lowest BCUT2D eigenvalue weighted by Crippen LogP contribution is -2.26. The number of hydrogen-bond acceptors (Lipinski definition) is 5. The van der Waals surface area contributed by atoms with Crippen molar-refractivity contribution < 1.29 is 22.0 Å². The van der Waals surface area contributed by atoms with Gasteiger partial charge >= 0.3 is 5.92 Å². The van der Waals surface area contributed by atoms with E-state index in [1.807, 2.05) is 0 Å². The molecule has 1 aromatic carbocycles. The molecule has 0 saturated carbocycles. The summed E-state index contributed by atoms with van der Waals surface area (Å²) < 4.78 is 72.7. The van der Waals surface area contributed by atoms with Gasteiger partial charge in [-0.1, -0.05) is 0 Å². The van der Waals surface area contributed by atoms with Gasteiger partial charge in [0.2, 0.25) is 11.8 Å². The summed E-state index contributed by atoms with van der Waals surface area (Å²) in [5.74, 6) is -7.48. The maximum atomic E-state index is 15.3. The summed E-state index contributed by atoms with van der Waals surface area (Å²) in [5.41, 5.74) is 0.976. The Morgan fingerprint density at radius 1 is 1.12 bits per heavy atom. The van der Waals surface area contributed by atoms with Crippen LogP contribution in [0.15, 0.2) is 42.5 Å². The summed E-state index contributed by atoms with van der Waals surface area (Å²) >= 11 is 0. The Morgan fingerprint density at radius 2 is 1.88 bits per heavy atom. The third-order valence-electron chi connectivity index (χ3n) is 5.65. The van der Waals surface area contributed by atoms with E-state index >= 15 is 8.78 Å². The van der Waals surface area contributed by atoms with Crippen molar-refractivity contribution in [3.8, 4) is 0 Å². The first-order valence-electron chi connectivity index (χ1n) is 10.5. The second-order valence-electron chi connectivity index (χ2n) is 8.35. The molecule has 178 valence electrons. The average Bonchev–Trinajstić information content (AvgIpc) is 3.47.